The molecule has 1 aliphatic rings. The molecule has 2 atom stereocenters. The zero-order chi connectivity index (χ0) is 17.9. The maximum absolute atomic E-state index is 12.4. The normalized spacial score (nSPS) is 21.3. The summed E-state index contributed by atoms with van der Waals surface area (Å²) in [5.41, 5.74) is 6.82. The fourth-order valence-corrected chi connectivity index (χ4v) is 2.86. The van der Waals surface area contributed by atoms with Crippen LogP contribution in [0.25, 0.3) is 0 Å². The second-order valence-corrected chi connectivity index (χ2v) is 7.13. The molecule has 2 rings (SSSR count). The van der Waals surface area contributed by atoms with Crippen LogP contribution in [0, 0.1) is 0 Å². The first kappa shape index (κ1) is 18.4. The molecule has 0 unspecified atom stereocenters. The summed E-state index contributed by atoms with van der Waals surface area (Å²) >= 11 is 0. The van der Waals surface area contributed by atoms with E-state index in [1.807, 2.05) is 39.0 Å². The van der Waals surface area contributed by atoms with Crippen LogP contribution in [0.2, 0.25) is 0 Å². The van der Waals surface area contributed by atoms with Gasteiger partial charge in [0.1, 0.15) is 17.1 Å². The van der Waals surface area contributed by atoms with Gasteiger partial charge in [-0.15, -0.1) is 0 Å². The Kier molecular flexibility index (Phi) is 5.59. The highest BCUT2D eigenvalue weighted by atomic mass is 16.6. The van der Waals surface area contributed by atoms with Gasteiger partial charge in [-0.25, -0.2) is 4.79 Å². The lowest BCUT2D eigenvalue weighted by Crippen LogP contribution is -2.49. The fourth-order valence-electron chi connectivity index (χ4n) is 2.86. The number of ether oxygens (including phenoxy) is 3. The molecular formula is C18H28N2O4. The molecule has 0 spiro atoms. The highest BCUT2D eigenvalue weighted by molar-refractivity contribution is 5.68. The second-order valence-electron chi connectivity index (χ2n) is 7.13. The van der Waals surface area contributed by atoms with Crippen molar-refractivity contribution in [3.8, 4) is 11.5 Å². The molecule has 0 aromatic heterocycles. The summed E-state index contributed by atoms with van der Waals surface area (Å²) in [6.07, 6.45) is 0.429. The lowest BCUT2D eigenvalue weighted by atomic mass is 9.86. The Balaban J connectivity index is 2.21. The standard InChI is InChI=1S/C18H28N2O4/c1-18(2,3)24-17(21)20-7-6-16(19)15(11-20)12-8-13(22-4)10-14(9-12)23-5/h8-10,15-16H,6-7,11,19H2,1-5H3/t15-,16-/m1/s1. The average Bonchev–Trinajstić information content (AvgIpc) is 2.53. The number of methoxy groups -OCH3 is 2. The summed E-state index contributed by atoms with van der Waals surface area (Å²) in [5.74, 6) is 1.44. The second kappa shape index (κ2) is 7.30. The van der Waals surface area contributed by atoms with Gasteiger partial charge in [0, 0.05) is 31.1 Å². The molecule has 0 aliphatic carbocycles. The molecule has 6 heteroatoms. The minimum Gasteiger partial charge on any atom is -0.497 e. The first-order valence-corrected chi connectivity index (χ1v) is 8.20. The van der Waals surface area contributed by atoms with Crippen molar-refractivity contribution in [3.63, 3.8) is 0 Å². The van der Waals surface area contributed by atoms with Gasteiger partial charge in [0.2, 0.25) is 0 Å². The number of rotatable bonds is 3. The summed E-state index contributed by atoms with van der Waals surface area (Å²) < 4.78 is 16.2. The number of amides is 1. The van der Waals surface area contributed by atoms with Gasteiger partial charge in [0.05, 0.1) is 14.2 Å². The van der Waals surface area contributed by atoms with E-state index in [0.717, 1.165) is 12.0 Å². The van der Waals surface area contributed by atoms with Gasteiger partial charge in [-0.2, -0.15) is 0 Å². The molecule has 0 radical (unpaired) electrons. The molecular weight excluding hydrogens is 308 g/mol. The van der Waals surface area contributed by atoms with Crippen LogP contribution < -0.4 is 15.2 Å². The summed E-state index contributed by atoms with van der Waals surface area (Å²) in [7, 11) is 3.23. The Morgan fingerprint density at radius 2 is 1.75 bits per heavy atom. The third-order valence-corrected chi connectivity index (χ3v) is 4.12. The van der Waals surface area contributed by atoms with E-state index in [0.29, 0.717) is 24.6 Å². The topological polar surface area (TPSA) is 74.0 Å². The molecule has 134 valence electrons. The predicted octanol–water partition coefficient (Wildman–Crippen LogP) is 2.76. The van der Waals surface area contributed by atoms with Crippen LogP contribution in [-0.4, -0.2) is 49.9 Å². The lowest BCUT2D eigenvalue weighted by Gasteiger charge is -2.38. The summed E-state index contributed by atoms with van der Waals surface area (Å²) in [4.78, 5) is 14.1. The summed E-state index contributed by atoms with van der Waals surface area (Å²) in [5, 5.41) is 0. The molecule has 1 aliphatic heterocycles. The Hall–Kier alpha value is -1.95. The monoisotopic (exact) mass is 336 g/mol. The van der Waals surface area contributed by atoms with Gasteiger partial charge in [-0.3, -0.25) is 0 Å². The van der Waals surface area contributed by atoms with Crippen molar-refractivity contribution in [3.05, 3.63) is 23.8 Å². The number of carbonyl (C=O) groups excluding carboxylic acids is 1. The Morgan fingerprint density at radius 3 is 2.25 bits per heavy atom. The quantitative estimate of drug-likeness (QED) is 0.919. The van der Waals surface area contributed by atoms with Crippen molar-refractivity contribution in [1.82, 2.24) is 4.90 Å². The van der Waals surface area contributed by atoms with Crippen LogP contribution in [0.15, 0.2) is 18.2 Å². The van der Waals surface area contributed by atoms with Crippen LogP contribution in [0.1, 0.15) is 38.7 Å². The van der Waals surface area contributed by atoms with Crippen molar-refractivity contribution in [2.24, 2.45) is 5.73 Å². The van der Waals surface area contributed by atoms with Gasteiger partial charge in [-0.1, -0.05) is 0 Å². The third-order valence-electron chi connectivity index (χ3n) is 4.12. The van der Waals surface area contributed by atoms with Gasteiger partial charge in [0.15, 0.2) is 0 Å². The highest BCUT2D eigenvalue weighted by Gasteiger charge is 2.33. The molecule has 1 aromatic carbocycles. The minimum absolute atomic E-state index is 0.00951. The Morgan fingerprint density at radius 1 is 1.17 bits per heavy atom. The molecule has 6 nitrogen and oxygen atoms in total. The van der Waals surface area contributed by atoms with Gasteiger partial charge < -0.3 is 24.8 Å². The van der Waals surface area contributed by atoms with E-state index in [1.54, 1.807) is 19.1 Å². The van der Waals surface area contributed by atoms with Crippen molar-refractivity contribution in [2.75, 3.05) is 27.3 Å². The van der Waals surface area contributed by atoms with Gasteiger partial charge >= 0.3 is 6.09 Å². The van der Waals surface area contributed by atoms with E-state index in [-0.39, 0.29) is 18.1 Å². The van der Waals surface area contributed by atoms with Crippen molar-refractivity contribution in [2.45, 2.75) is 44.8 Å². The summed E-state index contributed by atoms with van der Waals surface area (Å²) in [6, 6.07) is 5.70. The van der Waals surface area contributed by atoms with Crippen molar-refractivity contribution < 1.29 is 19.0 Å². The molecule has 0 saturated carbocycles. The maximum atomic E-state index is 12.4. The first-order valence-electron chi connectivity index (χ1n) is 8.20. The lowest BCUT2D eigenvalue weighted by molar-refractivity contribution is 0.0186. The number of benzene rings is 1. The van der Waals surface area contributed by atoms with Crippen LogP contribution >= 0.6 is 0 Å². The Labute approximate surface area is 143 Å². The molecule has 1 heterocycles. The van der Waals surface area contributed by atoms with E-state index in [4.69, 9.17) is 19.9 Å². The van der Waals surface area contributed by atoms with Crippen LogP contribution in [0.3, 0.4) is 0 Å². The van der Waals surface area contributed by atoms with E-state index < -0.39 is 5.60 Å². The zero-order valence-corrected chi connectivity index (χ0v) is 15.2. The number of hydrogen-bond acceptors (Lipinski definition) is 5. The minimum atomic E-state index is -0.509. The zero-order valence-electron chi connectivity index (χ0n) is 15.2. The molecule has 2 N–H and O–H groups in total. The average molecular weight is 336 g/mol. The molecule has 1 fully saturated rings. The number of nitrogens with zero attached hydrogens (tertiary/aromatic N) is 1. The number of likely N-dealkylation sites (tertiary alicyclic amines) is 1. The molecule has 1 amide bonds. The van der Waals surface area contributed by atoms with Crippen LogP contribution in [0.5, 0.6) is 11.5 Å². The van der Waals surface area contributed by atoms with Gasteiger partial charge in [-0.05, 0) is 44.9 Å². The fraction of sp³-hybridized carbons (Fsp3) is 0.611. The smallest absolute Gasteiger partial charge is 0.410 e. The van der Waals surface area contributed by atoms with Crippen molar-refractivity contribution >= 4 is 6.09 Å². The number of carbonyl (C=O) groups is 1. The Bertz CT molecular complexity index is 561. The molecule has 24 heavy (non-hydrogen) atoms. The number of nitrogens with two attached hydrogens (primary N) is 1. The van der Waals surface area contributed by atoms with E-state index in [2.05, 4.69) is 0 Å². The van der Waals surface area contributed by atoms with Crippen LogP contribution in [-0.2, 0) is 4.74 Å². The molecule has 1 saturated heterocycles. The highest BCUT2D eigenvalue weighted by Crippen LogP contribution is 2.32. The van der Waals surface area contributed by atoms with E-state index in [9.17, 15) is 4.79 Å². The predicted molar refractivity (Wildman–Crippen MR) is 92.7 cm³/mol. The van der Waals surface area contributed by atoms with Crippen LogP contribution in [0.4, 0.5) is 4.79 Å². The first-order chi connectivity index (χ1) is 11.2. The number of hydrogen-bond donors (Lipinski definition) is 1. The molecule has 0 bridgehead atoms. The van der Waals surface area contributed by atoms with Crippen molar-refractivity contribution in [1.29, 1.82) is 0 Å². The number of piperidine rings is 1. The maximum Gasteiger partial charge on any atom is 0.410 e. The summed E-state index contributed by atoms with van der Waals surface area (Å²) in [6.45, 7) is 6.72. The third kappa shape index (κ3) is 4.54. The van der Waals surface area contributed by atoms with Gasteiger partial charge in [0.25, 0.3) is 0 Å². The molecule has 1 aromatic rings. The van der Waals surface area contributed by atoms with E-state index >= 15 is 0 Å². The SMILES string of the molecule is COc1cc(OC)cc([C@H]2CN(C(=O)OC(C)(C)C)CC[C@H]2N)c1. The van der Waals surface area contributed by atoms with E-state index in [1.165, 1.54) is 0 Å². The largest absolute Gasteiger partial charge is 0.497 e.